The Bertz CT molecular complexity index is 629. The highest BCUT2D eigenvalue weighted by Gasteiger charge is 2.19. The lowest BCUT2D eigenvalue weighted by molar-refractivity contribution is 0.545. The second-order valence-electron chi connectivity index (χ2n) is 6.51. The molecular formula is C17H24N4. The first kappa shape index (κ1) is 15.3. The molecule has 2 N–H and O–H groups in total. The van der Waals surface area contributed by atoms with Gasteiger partial charge in [0, 0.05) is 25.1 Å². The van der Waals surface area contributed by atoms with Gasteiger partial charge in [-0.15, -0.1) is 0 Å². The first-order chi connectivity index (χ1) is 9.77. The van der Waals surface area contributed by atoms with Gasteiger partial charge in [0.25, 0.3) is 0 Å². The zero-order chi connectivity index (χ0) is 15.6. The Labute approximate surface area is 127 Å². The van der Waals surface area contributed by atoms with Crippen LogP contribution in [-0.2, 0) is 12.0 Å². The zero-order valence-corrected chi connectivity index (χ0v) is 13.5. The van der Waals surface area contributed by atoms with Crippen LogP contribution in [0.3, 0.4) is 0 Å². The largest absolute Gasteiger partial charge is 0.384 e. The Balaban J connectivity index is 2.29. The second-order valence-corrected chi connectivity index (χ2v) is 6.51. The molecule has 1 heterocycles. The summed E-state index contributed by atoms with van der Waals surface area (Å²) in [5.74, 6) is 2.14. The van der Waals surface area contributed by atoms with Crippen LogP contribution in [0.1, 0.15) is 37.7 Å². The van der Waals surface area contributed by atoms with E-state index in [1.54, 1.807) is 0 Å². The standard InChI is InChI=1S/C17H24N4/c1-12-8-6-7-9-13(12)11-21(5)15-10-14(18)19-16(20-15)17(2,3)4/h6-10H,11H2,1-5H3,(H2,18,19,20). The molecule has 0 saturated carbocycles. The normalized spacial score (nSPS) is 11.5. The molecule has 2 rings (SSSR count). The van der Waals surface area contributed by atoms with Gasteiger partial charge >= 0.3 is 0 Å². The molecule has 0 radical (unpaired) electrons. The molecule has 112 valence electrons. The van der Waals surface area contributed by atoms with Gasteiger partial charge in [-0.25, -0.2) is 9.97 Å². The van der Waals surface area contributed by atoms with Crippen LogP contribution in [-0.4, -0.2) is 17.0 Å². The molecule has 2 aromatic rings. The molecule has 0 atom stereocenters. The molecule has 0 bridgehead atoms. The predicted molar refractivity (Wildman–Crippen MR) is 88.4 cm³/mol. The van der Waals surface area contributed by atoms with E-state index in [4.69, 9.17) is 5.73 Å². The fraction of sp³-hybridized carbons (Fsp3) is 0.412. The van der Waals surface area contributed by atoms with Crippen molar-refractivity contribution in [2.24, 2.45) is 0 Å². The van der Waals surface area contributed by atoms with Gasteiger partial charge in [-0.05, 0) is 18.1 Å². The lowest BCUT2D eigenvalue weighted by Gasteiger charge is -2.23. The minimum Gasteiger partial charge on any atom is -0.384 e. The highest BCUT2D eigenvalue weighted by molar-refractivity contribution is 5.48. The van der Waals surface area contributed by atoms with Crippen molar-refractivity contribution in [3.8, 4) is 0 Å². The maximum absolute atomic E-state index is 5.94. The van der Waals surface area contributed by atoms with E-state index in [0.717, 1.165) is 18.2 Å². The molecule has 0 aliphatic heterocycles. The van der Waals surface area contributed by atoms with Gasteiger partial charge in [0.2, 0.25) is 0 Å². The van der Waals surface area contributed by atoms with Gasteiger partial charge < -0.3 is 10.6 Å². The Morgan fingerprint density at radius 1 is 1.14 bits per heavy atom. The van der Waals surface area contributed by atoms with E-state index in [1.165, 1.54) is 11.1 Å². The van der Waals surface area contributed by atoms with Crippen molar-refractivity contribution in [2.75, 3.05) is 17.7 Å². The highest BCUT2D eigenvalue weighted by Crippen LogP contribution is 2.23. The first-order valence-electron chi connectivity index (χ1n) is 7.18. The van der Waals surface area contributed by atoms with E-state index >= 15 is 0 Å². The predicted octanol–water partition coefficient (Wildman–Crippen LogP) is 3.30. The van der Waals surface area contributed by atoms with Gasteiger partial charge in [0.1, 0.15) is 17.5 Å². The molecule has 0 fully saturated rings. The fourth-order valence-corrected chi connectivity index (χ4v) is 2.11. The van der Waals surface area contributed by atoms with Crippen molar-refractivity contribution in [1.82, 2.24) is 9.97 Å². The van der Waals surface area contributed by atoms with Crippen LogP contribution in [0.25, 0.3) is 0 Å². The van der Waals surface area contributed by atoms with E-state index in [9.17, 15) is 0 Å². The van der Waals surface area contributed by atoms with Crippen LogP contribution in [0.5, 0.6) is 0 Å². The molecule has 4 nitrogen and oxygen atoms in total. The molecule has 1 aromatic heterocycles. The molecule has 0 unspecified atom stereocenters. The third kappa shape index (κ3) is 3.72. The van der Waals surface area contributed by atoms with Crippen LogP contribution in [0.2, 0.25) is 0 Å². The molecule has 0 spiro atoms. The third-order valence-electron chi connectivity index (χ3n) is 3.46. The number of nitrogens with two attached hydrogens (primary N) is 1. The minimum atomic E-state index is -0.117. The summed E-state index contributed by atoms with van der Waals surface area (Å²) in [7, 11) is 2.03. The lowest BCUT2D eigenvalue weighted by Crippen LogP contribution is -2.23. The molecule has 21 heavy (non-hydrogen) atoms. The molecule has 0 amide bonds. The summed E-state index contributed by atoms with van der Waals surface area (Å²) in [6.07, 6.45) is 0. The van der Waals surface area contributed by atoms with Crippen molar-refractivity contribution in [3.63, 3.8) is 0 Å². The van der Waals surface area contributed by atoms with Crippen LogP contribution < -0.4 is 10.6 Å². The summed E-state index contributed by atoms with van der Waals surface area (Å²) >= 11 is 0. The molecule has 0 aliphatic carbocycles. The van der Waals surface area contributed by atoms with Gasteiger partial charge in [0.15, 0.2) is 0 Å². The van der Waals surface area contributed by atoms with Gasteiger partial charge in [-0.2, -0.15) is 0 Å². The van der Waals surface area contributed by atoms with E-state index in [0.29, 0.717) is 5.82 Å². The SMILES string of the molecule is Cc1ccccc1CN(C)c1cc(N)nc(C(C)(C)C)n1. The van der Waals surface area contributed by atoms with Crippen LogP contribution in [0.15, 0.2) is 30.3 Å². The summed E-state index contributed by atoms with van der Waals surface area (Å²) in [4.78, 5) is 11.1. The van der Waals surface area contributed by atoms with Gasteiger partial charge in [-0.1, -0.05) is 45.0 Å². The molecular weight excluding hydrogens is 260 g/mol. The van der Waals surface area contributed by atoms with Crippen molar-refractivity contribution in [2.45, 2.75) is 39.7 Å². The topological polar surface area (TPSA) is 55.0 Å². The maximum Gasteiger partial charge on any atom is 0.138 e. The fourth-order valence-electron chi connectivity index (χ4n) is 2.11. The Morgan fingerprint density at radius 2 is 1.81 bits per heavy atom. The smallest absolute Gasteiger partial charge is 0.138 e. The number of aryl methyl sites for hydroxylation is 1. The second kappa shape index (κ2) is 5.72. The summed E-state index contributed by atoms with van der Waals surface area (Å²) in [5.41, 5.74) is 8.39. The number of nitrogens with zero attached hydrogens (tertiary/aromatic N) is 3. The maximum atomic E-state index is 5.94. The average molecular weight is 284 g/mol. The number of anilines is 2. The number of hydrogen-bond acceptors (Lipinski definition) is 4. The van der Waals surface area contributed by atoms with Crippen LogP contribution >= 0.6 is 0 Å². The summed E-state index contributed by atoms with van der Waals surface area (Å²) in [5, 5.41) is 0. The summed E-state index contributed by atoms with van der Waals surface area (Å²) in [6.45, 7) is 9.19. The van der Waals surface area contributed by atoms with Gasteiger partial charge in [0.05, 0.1) is 0 Å². The van der Waals surface area contributed by atoms with Crippen molar-refractivity contribution in [1.29, 1.82) is 0 Å². The highest BCUT2D eigenvalue weighted by atomic mass is 15.2. The van der Waals surface area contributed by atoms with Crippen LogP contribution in [0, 0.1) is 6.92 Å². The first-order valence-corrected chi connectivity index (χ1v) is 7.18. The van der Waals surface area contributed by atoms with E-state index in [-0.39, 0.29) is 5.41 Å². The van der Waals surface area contributed by atoms with Crippen molar-refractivity contribution in [3.05, 3.63) is 47.3 Å². The summed E-state index contributed by atoms with van der Waals surface area (Å²) in [6, 6.07) is 10.2. The molecule has 0 saturated heterocycles. The third-order valence-corrected chi connectivity index (χ3v) is 3.46. The minimum absolute atomic E-state index is 0.117. The van der Waals surface area contributed by atoms with Crippen LogP contribution in [0.4, 0.5) is 11.6 Å². The molecule has 1 aromatic carbocycles. The average Bonchev–Trinajstić information content (AvgIpc) is 2.39. The lowest BCUT2D eigenvalue weighted by atomic mass is 9.96. The van der Waals surface area contributed by atoms with E-state index in [1.807, 2.05) is 13.1 Å². The van der Waals surface area contributed by atoms with Gasteiger partial charge in [-0.3, -0.25) is 0 Å². The number of nitrogen functional groups attached to an aromatic ring is 1. The number of aromatic nitrogens is 2. The molecule has 0 aliphatic rings. The quantitative estimate of drug-likeness (QED) is 0.939. The number of hydrogen-bond donors (Lipinski definition) is 1. The summed E-state index contributed by atoms with van der Waals surface area (Å²) < 4.78 is 0. The zero-order valence-electron chi connectivity index (χ0n) is 13.5. The number of benzene rings is 1. The van der Waals surface area contributed by atoms with Crippen molar-refractivity contribution < 1.29 is 0 Å². The monoisotopic (exact) mass is 284 g/mol. The van der Waals surface area contributed by atoms with E-state index in [2.05, 4.69) is 66.8 Å². The number of rotatable bonds is 3. The Morgan fingerprint density at radius 3 is 2.43 bits per heavy atom. The molecule has 4 heteroatoms. The van der Waals surface area contributed by atoms with Crippen molar-refractivity contribution >= 4 is 11.6 Å². The Kier molecular flexibility index (Phi) is 4.16. The van der Waals surface area contributed by atoms with E-state index < -0.39 is 0 Å². The Hall–Kier alpha value is -2.10.